The van der Waals surface area contributed by atoms with Crippen molar-refractivity contribution in [2.75, 3.05) is 0 Å². The molecule has 0 saturated carbocycles. The summed E-state index contributed by atoms with van der Waals surface area (Å²) in [4.78, 5) is 13.6. The van der Waals surface area contributed by atoms with Crippen LogP contribution in [0.5, 0.6) is 0 Å². The van der Waals surface area contributed by atoms with Crippen molar-refractivity contribution >= 4 is 31.6 Å². The minimum absolute atomic E-state index is 0.192. The fourth-order valence-corrected chi connectivity index (χ4v) is 1.58. The van der Waals surface area contributed by atoms with Crippen molar-refractivity contribution in [2.45, 2.75) is 6.54 Å². The number of benzene rings is 1. The lowest BCUT2D eigenvalue weighted by atomic mass is 10.2. The van der Waals surface area contributed by atoms with Crippen molar-refractivity contribution in [1.29, 1.82) is 0 Å². The van der Waals surface area contributed by atoms with E-state index in [1.807, 2.05) is 30.5 Å². The van der Waals surface area contributed by atoms with E-state index in [0.29, 0.717) is 6.54 Å². The van der Waals surface area contributed by atoms with Crippen LogP contribution in [0.25, 0.3) is 10.9 Å². The van der Waals surface area contributed by atoms with Crippen LogP contribution in [-0.4, -0.2) is 9.80 Å². The van der Waals surface area contributed by atoms with Gasteiger partial charge >= 0.3 is 0 Å². The van der Waals surface area contributed by atoms with Crippen LogP contribution in [0.2, 0.25) is 0 Å². The first-order chi connectivity index (χ1) is 6.77. The lowest BCUT2D eigenvalue weighted by Gasteiger charge is -1.98. The summed E-state index contributed by atoms with van der Waals surface area (Å²) in [6.07, 6.45) is 1.91. The summed E-state index contributed by atoms with van der Waals surface area (Å²) in [5, 5.41) is 3.84. The van der Waals surface area contributed by atoms with Crippen LogP contribution in [-0.2, 0) is 6.54 Å². The van der Waals surface area contributed by atoms with Gasteiger partial charge in [-0.1, -0.05) is 18.2 Å². The lowest BCUT2D eigenvalue weighted by Crippen LogP contribution is -2.14. The first-order valence-corrected chi connectivity index (χ1v) is 5.05. The molecule has 1 aromatic heterocycles. The summed E-state index contributed by atoms with van der Waals surface area (Å²) in [5.41, 5.74) is 2.18. The highest BCUT2D eigenvalue weighted by Gasteiger charge is 2.02. The lowest BCUT2D eigenvalue weighted by molar-refractivity contribution is 0.261. The molecule has 0 saturated heterocycles. The number of carbonyl (C=O) groups is 1. The second-order valence-corrected chi connectivity index (χ2v) is 3.71. The Morgan fingerprint density at radius 2 is 2.21 bits per heavy atom. The van der Waals surface area contributed by atoms with Gasteiger partial charge in [0.15, 0.2) is 0 Å². The molecule has 1 heterocycles. The van der Waals surface area contributed by atoms with Crippen molar-refractivity contribution < 1.29 is 4.79 Å². The minimum atomic E-state index is -0.192. The number of halogens is 1. The SMILES string of the molecule is O=C(Br)NCc1c[nH]c2ccccc12. The number of H-pyrrole nitrogens is 1. The van der Waals surface area contributed by atoms with Crippen LogP contribution in [0, 0.1) is 0 Å². The van der Waals surface area contributed by atoms with Gasteiger partial charge in [0.2, 0.25) is 0 Å². The first kappa shape index (κ1) is 9.27. The molecule has 1 amide bonds. The molecule has 72 valence electrons. The van der Waals surface area contributed by atoms with Gasteiger partial charge in [0.1, 0.15) is 0 Å². The normalized spacial score (nSPS) is 10.4. The van der Waals surface area contributed by atoms with Gasteiger partial charge in [0.25, 0.3) is 4.82 Å². The van der Waals surface area contributed by atoms with Crippen LogP contribution in [0.15, 0.2) is 30.5 Å². The predicted molar refractivity (Wildman–Crippen MR) is 59.5 cm³/mol. The van der Waals surface area contributed by atoms with Gasteiger partial charge in [-0.2, -0.15) is 0 Å². The van der Waals surface area contributed by atoms with Gasteiger partial charge in [-0.3, -0.25) is 4.79 Å². The third-order valence-corrected chi connectivity index (χ3v) is 2.37. The molecule has 0 radical (unpaired) electrons. The Morgan fingerprint density at radius 1 is 1.43 bits per heavy atom. The third kappa shape index (κ3) is 1.80. The number of hydrogen-bond acceptors (Lipinski definition) is 1. The Labute approximate surface area is 89.6 Å². The zero-order valence-corrected chi connectivity index (χ0v) is 8.97. The Bertz CT molecular complexity index is 464. The molecular formula is C10H9BrN2O. The highest BCUT2D eigenvalue weighted by molar-refractivity contribution is 9.18. The summed E-state index contributed by atoms with van der Waals surface area (Å²) in [6, 6.07) is 8.00. The fourth-order valence-electron chi connectivity index (χ4n) is 1.44. The molecule has 0 aliphatic carbocycles. The van der Waals surface area contributed by atoms with E-state index in [9.17, 15) is 4.79 Å². The maximum Gasteiger partial charge on any atom is 0.287 e. The second-order valence-electron chi connectivity index (χ2n) is 2.99. The van der Waals surface area contributed by atoms with Crippen molar-refractivity contribution in [3.8, 4) is 0 Å². The van der Waals surface area contributed by atoms with Crippen molar-refractivity contribution in [3.63, 3.8) is 0 Å². The molecule has 0 fully saturated rings. The molecule has 0 spiro atoms. The summed E-state index contributed by atoms with van der Waals surface area (Å²) < 4.78 is 0. The summed E-state index contributed by atoms with van der Waals surface area (Å²) >= 11 is 2.82. The van der Waals surface area contributed by atoms with E-state index < -0.39 is 0 Å². The van der Waals surface area contributed by atoms with Crippen molar-refractivity contribution in [1.82, 2.24) is 10.3 Å². The molecule has 1 aromatic carbocycles. The van der Waals surface area contributed by atoms with E-state index in [1.54, 1.807) is 0 Å². The average molecular weight is 253 g/mol. The highest BCUT2D eigenvalue weighted by atomic mass is 79.9. The molecule has 0 unspecified atom stereocenters. The molecule has 2 rings (SSSR count). The summed E-state index contributed by atoms with van der Waals surface area (Å²) in [7, 11) is 0. The van der Waals surface area contributed by atoms with E-state index >= 15 is 0 Å². The molecule has 0 bridgehead atoms. The van der Waals surface area contributed by atoms with Gasteiger partial charge in [-0.05, 0) is 11.6 Å². The number of carbonyl (C=O) groups excluding carboxylic acids is 1. The standard InChI is InChI=1S/C10H9BrN2O/c11-10(14)13-6-7-5-12-9-4-2-1-3-8(7)9/h1-5,12H,6H2,(H,13,14). The predicted octanol–water partition coefficient (Wildman–Crippen LogP) is 2.77. The molecule has 2 N–H and O–H groups in total. The number of para-hydroxylation sites is 1. The van der Waals surface area contributed by atoms with E-state index in [1.165, 1.54) is 0 Å². The molecule has 0 aliphatic heterocycles. The number of aromatic nitrogens is 1. The van der Waals surface area contributed by atoms with E-state index in [-0.39, 0.29) is 4.82 Å². The number of aromatic amines is 1. The number of nitrogens with one attached hydrogen (secondary N) is 2. The topological polar surface area (TPSA) is 44.9 Å². The molecule has 14 heavy (non-hydrogen) atoms. The van der Waals surface area contributed by atoms with Crippen LogP contribution >= 0.6 is 15.9 Å². The fraction of sp³-hybridized carbons (Fsp3) is 0.100. The summed E-state index contributed by atoms with van der Waals surface area (Å²) in [5.74, 6) is 0. The Morgan fingerprint density at radius 3 is 3.00 bits per heavy atom. The van der Waals surface area contributed by atoms with Gasteiger partial charge in [0, 0.05) is 39.6 Å². The van der Waals surface area contributed by atoms with Crippen molar-refractivity contribution in [3.05, 3.63) is 36.0 Å². The van der Waals surface area contributed by atoms with Crippen LogP contribution < -0.4 is 5.32 Å². The Balaban J connectivity index is 2.29. The Kier molecular flexibility index (Phi) is 2.54. The number of hydrogen-bond donors (Lipinski definition) is 2. The molecule has 2 aromatic rings. The Hall–Kier alpha value is -1.29. The zero-order chi connectivity index (χ0) is 9.97. The van der Waals surface area contributed by atoms with Crippen LogP contribution in [0.1, 0.15) is 5.56 Å². The smallest absolute Gasteiger partial charge is 0.287 e. The average Bonchev–Trinajstić information content (AvgIpc) is 2.58. The monoisotopic (exact) mass is 252 g/mol. The van der Waals surface area contributed by atoms with Crippen molar-refractivity contribution in [2.24, 2.45) is 0 Å². The maximum absolute atomic E-state index is 10.7. The number of amides is 1. The van der Waals surface area contributed by atoms with Crippen LogP contribution in [0.4, 0.5) is 4.79 Å². The van der Waals surface area contributed by atoms with Gasteiger partial charge in [0.05, 0.1) is 0 Å². The van der Waals surface area contributed by atoms with Gasteiger partial charge in [-0.15, -0.1) is 0 Å². The largest absolute Gasteiger partial charge is 0.361 e. The molecule has 0 aliphatic rings. The molecule has 0 atom stereocenters. The van der Waals surface area contributed by atoms with E-state index in [2.05, 4.69) is 26.2 Å². The first-order valence-electron chi connectivity index (χ1n) is 4.25. The maximum atomic E-state index is 10.7. The molecule has 4 heteroatoms. The van der Waals surface area contributed by atoms with Crippen LogP contribution in [0.3, 0.4) is 0 Å². The zero-order valence-electron chi connectivity index (χ0n) is 7.38. The van der Waals surface area contributed by atoms with Gasteiger partial charge < -0.3 is 10.3 Å². The van der Waals surface area contributed by atoms with E-state index in [4.69, 9.17) is 0 Å². The quantitative estimate of drug-likeness (QED) is 0.627. The highest BCUT2D eigenvalue weighted by Crippen LogP contribution is 2.17. The van der Waals surface area contributed by atoms with Gasteiger partial charge in [-0.25, -0.2) is 0 Å². The minimum Gasteiger partial charge on any atom is -0.361 e. The second kappa shape index (κ2) is 3.84. The summed E-state index contributed by atoms with van der Waals surface area (Å²) in [6.45, 7) is 0.536. The number of fused-ring (bicyclic) bond motifs is 1. The third-order valence-electron chi connectivity index (χ3n) is 2.09. The molecule has 3 nitrogen and oxygen atoms in total. The van der Waals surface area contributed by atoms with E-state index in [0.717, 1.165) is 16.5 Å². The number of rotatable bonds is 2. The molecular weight excluding hydrogens is 244 g/mol.